The second kappa shape index (κ2) is 9.43. The van der Waals surface area contributed by atoms with E-state index in [9.17, 15) is 4.79 Å². The number of nitrogens with zero attached hydrogens (tertiary/aromatic N) is 3. The Morgan fingerprint density at radius 2 is 1.68 bits per heavy atom. The van der Waals surface area contributed by atoms with Crippen LogP contribution in [0.4, 0.5) is 11.8 Å². The Morgan fingerprint density at radius 1 is 1.03 bits per heavy atom. The highest BCUT2D eigenvalue weighted by molar-refractivity contribution is 6.30. The molecule has 1 aromatic heterocycles. The lowest BCUT2D eigenvalue weighted by Gasteiger charge is -2.34. The van der Waals surface area contributed by atoms with Gasteiger partial charge in [0.2, 0.25) is 11.9 Å². The van der Waals surface area contributed by atoms with Crippen molar-refractivity contribution in [3.8, 4) is 0 Å². The standard InChI is InChI=1S/C24H32ClN5O/c1-30(2)21-13-16-26-23(29-21)28-20-11-9-19(10-12-20)27-22(31)24(14-3-4-15-24)17-5-7-18(25)8-6-17/h5-8,13,16,19-20H,3-4,9-12,14-15H2,1-2H3,(H,27,31)(H,26,28,29)/t19-,20+. The highest BCUT2D eigenvalue weighted by Crippen LogP contribution is 2.42. The molecule has 2 saturated carbocycles. The van der Waals surface area contributed by atoms with Crippen LogP contribution in [0.1, 0.15) is 56.9 Å². The fourth-order valence-corrected chi connectivity index (χ4v) is 5.08. The molecule has 166 valence electrons. The van der Waals surface area contributed by atoms with Crippen LogP contribution in [0.2, 0.25) is 5.02 Å². The van der Waals surface area contributed by atoms with Gasteiger partial charge < -0.3 is 15.5 Å². The van der Waals surface area contributed by atoms with Crippen molar-refractivity contribution in [3.63, 3.8) is 0 Å². The number of aromatic nitrogens is 2. The Balaban J connectivity index is 1.34. The molecule has 0 radical (unpaired) electrons. The van der Waals surface area contributed by atoms with Crippen molar-refractivity contribution in [2.75, 3.05) is 24.3 Å². The molecule has 1 amide bonds. The van der Waals surface area contributed by atoms with E-state index in [4.69, 9.17) is 11.6 Å². The number of rotatable bonds is 6. The van der Waals surface area contributed by atoms with Crippen molar-refractivity contribution in [2.24, 2.45) is 0 Å². The summed E-state index contributed by atoms with van der Waals surface area (Å²) in [4.78, 5) is 24.3. The average Bonchev–Trinajstić information content (AvgIpc) is 3.27. The molecule has 0 bridgehead atoms. The molecule has 0 atom stereocenters. The van der Waals surface area contributed by atoms with Crippen molar-refractivity contribution in [2.45, 2.75) is 68.9 Å². The summed E-state index contributed by atoms with van der Waals surface area (Å²) in [6, 6.07) is 10.3. The maximum atomic E-state index is 13.4. The smallest absolute Gasteiger partial charge is 0.230 e. The molecule has 4 rings (SSSR count). The van der Waals surface area contributed by atoms with E-state index in [2.05, 4.69) is 20.6 Å². The zero-order valence-corrected chi connectivity index (χ0v) is 19.2. The zero-order chi connectivity index (χ0) is 21.8. The maximum Gasteiger partial charge on any atom is 0.230 e. The van der Waals surface area contributed by atoms with Crippen LogP contribution < -0.4 is 15.5 Å². The predicted octanol–water partition coefficient (Wildman–Crippen LogP) is 4.55. The van der Waals surface area contributed by atoms with E-state index in [1.807, 2.05) is 49.3 Å². The fourth-order valence-electron chi connectivity index (χ4n) is 4.95. The molecule has 2 fully saturated rings. The van der Waals surface area contributed by atoms with Crippen LogP contribution in [0.15, 0.2) is 36.5 Å². The first-order chi connectivity index (χ1) is 15.0. The Labute approximate surface area is 189 Å². The molecule has 0 unspecified atom stereocenters. The molecule has 1 aromatic carbocycles. The van der Waals surface area contributed by atoms with Crippen molar-refractivity contribution in [3.05, 3.63) is 47.1 Å². The number of anilines is 2. The van der Waals surface area contributed by atoms with E-state index in [1.165, 1.54) is 0 Å². The van der Waals surface area contributed by atoms with Crippen molar-refractivity contribution >= 4 is 29.3 Å². The summed E-state index contributed by atoms with van der Waals surface area (Å²) in [7, 11) is 3.95. The van der Waals surface area contributed by atoms with E-state index in [-0.39, 0.29) is 11.9 Å². The van der Waals surface area contributed by atoms with Crippen LogP contribution in [0.25, 0.3) is 0 Å². The molecule has 6 nitrogen and oxygen atoms in total. The second-order valence-electron chi connectivity index (χ2n) is 9.10. The molecule has 2 aliphatic rings. The van der Waals surface area contributed by atoms with Crippen molar-refractivity contribution in [1.29, 1.82) is 0 Å². The van der Waals surface area contributed by atoms with Crippen LogP contribution in [-0.4, -0.2) is 42.1 Å². The third-order valence-corrected chi connectivity index (χ3v) is 7.04. The monoisotopic (exact) mass is 441 g/mol. The summed E-state index contributed by atoms with van der Waals surface area (Å²) in [5, 5.41) is 7.57. The van der Waals surface area contributed by atoms with E-state index >= 15 is 0 Å². The lowest BCUT2D eigenvalue weighted by atomic mass is 9.77. The largest absolute Gasteiger partial charge is 0.363 e. The quantitative estimate of drug-likeness (QED) is 0.688. The predicted molar refractivity (Wildman–Crippen MR) is 126 cm³/mol. The van der Waals surface area contributed by atoms with Crippen LogP contribution >= 0.6 is 11.6 Å². The molecule has 7 heteroatoms. The first kappa shape index (κ1) is 21.9. The molecule has 2 N–H and O–H groups in total. The minimum Gasteiger partial charge on any atom is -0.363 e. The minimum absolute atomic E-state index is 0.186. The van der Waals surface area contributed by atoms with Gasteiger partial charge in [-0.05, 0) is 62.3 Å². The van der Waals surface area contributed by atoms with Gasteiger partial charge in [-0.2, -0.15) is 4.98 Å². The third-order valence-electron chi connectivity index (χ3n) is 6.78. The number of benzene rings is 1. The van der Waals surface area contributed by atoms with Gasteiger partial charge in [-0.3, -0.25) is 4.79 Å². The van der Waals surface area contributed by atoms with Crippen LogP contribution in [0, 0.1) is 0 Å². The summed E-state index contributed by atoms with van der Waals surface area (Å²) in [5.41, 5.74) is 0.695. The molecule has 31 heavy (non-hydrogen) atoms. The number of carbonyl (C=O) groups is 1. The molecule has 2 aliphatic carbocycles. The van der Waals surface area contributed by atoms with Crippen molar-refractivity contribution in [1.82, 2.24) is 15.3 Å². The number of halogens is 1. The van der Waals surface area contributed by atoms with Gasteiger partial charge in [0, 0.05) is 37.4 Å². The van der Waals surface area contributed by atoms with Crippen LogP contribution in [-0.2, 0) is 10.2 Å². The Morgan fingerprint density at radius 3 is 2.32 bits per heavy atom. The number of carbonyl (C=O) groups excluding carboxylic acids is 1. The summed E-state index contributed by atoms with van der Waals surface area (Å²) < 4.78 is 0. The lowest BCUT2D eigenvalue weighted by Crippen LogP contribution is -2.48. The molecule has 2 aromatic rings. The lowest BCUT2D eigenvalue weighted by molar-refractivity contribution is -0.127. The van der Waals surface area contributed by atoms with Gasteiger partial charge in [-0.1, -0.05) is 36.6 Å². The summed E-state index contributed by atoms with van der Waals surface area (Å²) >= 11 is 6.08. The number of amides is 1. The second-order valence-corrected chi connectivity index (χ2v) is 9.53. The van der Waals surface area contributed by atoms with Gasteiger partial charge in [0.1, 0.15) is 5.82 Å². The van der Waals surface area contributed by atoms with Gasteiger partial charge in [-0.15, -0.1) is 0 Å². The molecule has 0 saturated heterocycles. The number of hydrogen-bond donors (Lipinski definition) is 2. The highest BCUT2D eigenvalue weighted by Gasteiger charge is 2.43. The summed E-state index contributed by atoms with van der Waals surface area (Å²) in [6.45, 7) is 0. The number of hydrogen-bond acceptors (Lipinski definition) is 5. The number of nitrogens with one attached hydrogen (secondary N) is 2. The Kier molecular flexibility index (Phi) is 6.65. The van der Waals surface area contributed by atoms with Gasteiger partial charge in [0.15, 0.2) is 0 Å². The van der Waals surface area contributed by atoms with Gasteiger partial charge in [-0.25, -0.2) is 4.98 Å². The van der Waals surface area contributed by atoms with Crippen LogP contribution in [0.3, 0.4) is 0 Å². The summed E-state index contributed by atoms with van der Waals surface area (Å²) in [5.74, 6) is 1.75. The molecular formula is C24H32ClN5O. The van der Waals surface area contributed by atoms with E-state index < -0.39 is 5.41 Å². The van der Waals surface area contributed by atoms with Crippen molar-refractivity contribution < 1.29 is 4.79 Å². The van der Waals surface area contributed by atoms with E-state index in [1.54, 1.807) is 6.20 Å². The highest BCUT2D eigenvalue weighted by atomic mass is 35.5. The average molecular weight is 442 g/mol. The van der Waals surface area contributed by atoms with Gasteiger partial charge in [0.25, 0.3) is 0 Å². The maximum absolute atomic E-state index is 13.4. The third kappa shape index (κ3) is 4.95. The minimum atomic E-state index is -0.403. The molecule has 1 heterocycles. The Bertz CT molecular complexity index is 887. The Hall–Kier alpha value is -2.34. The van der Waals surface area contributed by atoms with Gasteiger partial charge >= 0.3 is 0 Å². The first-order valence-electron chi connectivity index (χ1n) is 11.3. The normalized spacial score (nSPS) is 22.7. The van der Waals surface area contributed by atoms with E-state index in [0.717, 1.165) is 62.7 Å². The fraction of sp³-hybridized carbons (Fsp3) is 0.542. The topological polar surface area (TPSA) is 70.2 Å². The SMILES string of the molecule is CN(C)c1ccnc(N[C@H]2CC[C@@H](NC(=O)C3(c4ccc(Cl)cc4)CCCC3)CC2)n1. The molecular weight excluding hydrogens is 410 g/mol. The van der Waals surface area contributed by atoms with E-state index in [0.29, 0.717) is 17.0 Å². The summed E-state index contributed by atoms with van der Waals surface area (Å²) in [6.07, 6.45) is 9.73. The zero-order valence-electron chi connectivity index (χ0n) is 18.4. The molecule has 0 aliphatic heterocycles. The van der Waals surface area contributed by atoms with Crippen LogP contribution in [0.5, 0.6) is 0 Å². The van der Waals surface area contributed by atoms with Gasteiger partial charge in [0.05, 0.1) is 5.41 Å². The first-order valence-corrected chi connectivity index (χ1v) is 11.7. The molecule has 0 spiro atoms.